The molecule has 4 amide bonds. The molecule has 35 heavy (non-hydrogen) atoms. The van der Waals surface area contributed by atoms with Gasteiger partial charge in [-0.15, -0.1) is 0 Å². The fraction of sp³-hybridized carbons (Fsp3) is 0.276. The third-order valence-corrected chi connectivity index (χ3v) is 7.05. The Balaban J connectivity index is 1.31. The minimum Gasteiger partial charge on any atom is -0.336 e. The Kier molecular flexibility index (Phi) is 6.36. The number of benzene rings is 3. The lowest BCUT2D eigenvalue weighted by molar-refractivity contribution is -0.139. The molecule has 6 heteroatoms. The molecule has 3 aromatic carbocycles. The van der Waals surface area contributed by atoms with Crippen LogP contribution in [0.3, 0.4) is 0 Å². The molecule has 0 saturated carbocycles. The smallest absolute Gasteiger partial charge is 0.325 e. The number of hydrogen-bond acceptors (Lipinski definition) is 3. The van der Waals surface area contributed by atoms with Crippen molar-refractivity contribution in [2.75, 3.05) is 13.1 Å². The number of carbonyl (C=O) groups excluding carboxylic acids is 3. The Bertz CT molecular complexity index is 1230. The first kappa shape index (κ1) is 22.8. The van der Waals surface area contributed by atoms with E-state index in [4.69, 9.17) is 0 Å². The number of hydrogen-bond donors (Lipinski definition) is 1. The van der Waals surface area contributed by atoms with E-state index in [-0.39, 0.29) is 18.4 Å². The lowest BCUT2D eigenvalue weighted by Crippen LogP contribution is -2.51. The number of rotatable bonds is 7. The largest absolute Gasteiger partial charge is 0.336 e. The maximum Gasteiger partial charge on any atom is 0.325 e. The third kappa shape index (κ3) is 4.83. The maximum absolute atomic E-state index is 13.5. The number of urea groups is 1. The zero-order valence-corrected chi connectivity index (χ0v) is 19.7. The van der Waals surface area contributed by atoms with Gasteiger partial charge in [0.2, 0.25) is 5.91 Å². The second kappa shape index (κ2) is 9.74. The lowest BCUT2D eigenvalue weighted by Gasteiger charge is -2.32. The molecule has 2 aliphatic rings. The molecule has 1 N–H and O–H groups in total. The standard InChI is InChI=1S/C29H29N3O3/c33-26(31(20-23-11-5-2-6-12-23)18-16-22-9-3-1-4-10-22)21-32-27(34)29(30-28(32)35)17-15-24-13-7-8-14-25(24)19-29/h1-14H,15-21H2,(H,30,35). The van der Waals surface area contributed by atoms with Crippen molar-refractivity contribution in [1.29, 1.82) is 0 Å². The predicted molar refractivity (Wildman–Crippen MR) is 133 cm³/mol. The number of fused-ring (bicyclic) bond motifs is 1. The summed E-state index contributed by atoms with van der Waals surface area (Å²) in [5.74, 6) is -0.533. The molecule has 1 atom stereocenters. The quantitative estimate of drug-likeness (QED) is 0.539. The van der Waals surface area contributed by atoms with Crippen LogP contribution in [0.25, 0.3) is 0 Å². The zero-order valence-electron chi connectivity index (χ0n) is 19.7. The summed E-state index contributed by atoms with van der Waals surface area (Å²) >= 11 is 0. The predicted octanol–water partition coefficient (Wildman–Crippen LogP) is 3.74. The van der Waals surface area contributed by atoms with Crippen molar-refractivity contribution in [3.8, 4) is 0 Å². The van der Waals surface area contributed by atoms with Crippen molar-refractivity contribution in [2.45, 2.75) is 37.8 Å². The van der Waals surface area contributed by atoms with Crippen LogP contribution < -0.4 is 5.32 Å². The van der Waals surface area contributed by atoms with Gasteiger partial charge in [-0.25, -0.2) is 4.79 Å². The highest BCUT2D eigenvalue weighted by Crippen LogP contribution is 2.33. The molecule has 178 valence electrons. The molecule has 6 nitrogen and oxygen atoms in total. The summed E-state index contributed by atoms with van der Waals surface area (Å²) in [6.45, 7) is 0.671. The highest BCUT2D eigenvalue weighted by Gasteiger charge is 2.52. The topological polar surface area (TPSA) is 69.7 Å². The fourth-order valence-electron chi connectivity index (χ4n) is 5.08. The number of aryl methyl sites for hydroxylation is 1. The summed E-state index contributed by atoms with van der Waals surface area (Å²) in [6.07, 6.45) is 2.42. The van der Waals surface area contributed by atoms with Crippen molar-refractivity contribution in [2.24, 2.45) is 0 Å². The fourth-order valence-corrected chi connectivity index (χ4v) is 5.08. The number of amides is 4. The SMILES string of the molecule is O=C(CN1C(=O)NC2(CCc3ccccc3C2)C1=O)N(CCc1ccccc1)Cc1ccccc1. The van der Waals surface area contributed by atoms with Crippen LogP contribution >= 0.6 is 0 Å². The molecule has 3 aromatic rings. The van der Waals surface area contributed by atoms with Gasteiger partial charge in [0, 0.05) is 19.5 Å². The molecular weight excluding hydrogens is 438 g/mol. The molecule has 1 fully saturated rings. The van der Waals surface area contributed by atoms with Gasteiger partial charge in [-0.05, 0) is 41.5 Å². The summed E-state index contributed by atoms with van der Waals surface area (Å²) in [4.78, 5) is 42.6. The normalized spacial score (nSPS) is 18.9. The Morgan fingerprint density at radius 3 is 2.20 bits per heavy atom. The summed E-state index contributed by atoms with van der Waals surface area (Å²) in [7, 11) is 0. The second-order valence-electron chi connectivity index (χ2n) is 9.39. The summed E-state index contributed by atoms with van der Waals surface area (Å²) in [6, 6.07) is 27.3. The Morgan fingerprint density at radius 2 is 1.49 bits per heavy atom. The Morgan fingerprint density at radius 1 is 0.857 bits per heavy atom. The minimum absolute atomic E-state index is 0.235. The molecular formula is C29H29N3O3. The van der Waals surface area contributed by atoms with Crippen LogP contribution in [-0.4, -0.2) is 46.3 Å². The molecule has 0 bridgehead atoms. The summed E-state index contributed by atoms with van der Waals surface area (Å²) in [5, 5.41) is 2.93. The molecule has 0 aromatic heterocycles. The van der Waals surface area contributed by atoms with Crippen LogP contribution in [0, 0.1) is 0 Å². The van der Waals surface area contributed by atoms with Gasteiger partial charge in [-0.1, -0.05) is 84.9 Å². The van der Waals surface area contributed by atoms with Crippen LogP contribution in [0.2, 0.25) is 0 Å². The summed E-state index contributed by atoms with van der Waals surface area (Å²) < 4.78 is 0. The molecule has 5 rings (SSSR count). The second-order valence-corrected chi connectivity index (χ2v) is 9.39. The van der Waals surface area contributed by atoms with Crippen molar-refractivity contribution in [3.05, 3.63) is 107 Å². The van der Waals surface area contributed by atoms with E-state index in [1.807, 2.05) is 78.9 Å². The van der Waals surface area contributed by atoms with Gasteiger partial charge in [0.1, 0.15) is 12.1 Å². The molecule has 1 saturated heterocycles. The highest BCUT2D eigenvalue weighted by molar-refractivity contribution is 6.09. The maximum atomic E-state index is 13.5. The van der Waals surface area contributed by atoms with Gasteiger partial charge in [0.05, 0.1) is 0 Å². The highest BCUT2D eigenvalue weighted by atomic mass is 16.2. The lowest BCUT2D eigenvalue weighted by atomic mass is 9.78. The van der Waals surface area contributed by atoms with E-state index in [1.54, 1.807) is 4.90 Å². The van der Waals surface area contributed by atoms with Crippen LogP contribution in [0.5, 0.6) is 0 Å². The van der Waals surface area contributed by atoms with E-state index in [0.29, 0.717) is 32.4 Å². The van der Waals surface area contributed by atoms with E-state index in [0.717, 1.165) is 28.0 Å². The first-order valence-electron chi connectivity index (χ1n) is 12.1. The van der Waals surface area contributed by atoms with E-state index in [1.165, 1.54) is 5.56 Å². The van der Waals surface area contributed by atoms with Gasteiger partial charge >= 0.3 is 6.03 Å². The van der Waals surface area contributed by atoms with Crippen molar-refractivity contribution < 1.29 is 14.4 Å². The average Bonchev–Trinajstić information content (AvgIpc) is 3.11. The Labute approximate surface area is 205 Å². The molecule has 1 spiro atoms. The van der Waals surface area contributed by atoms with Gasteiger partial charge < -0.3 is 10.2 Å². The van der Waals surface area contributed by atoms with Crippen LogP contribution in [-0.2, 0) is 35.4 Å². The molecule has 0 radical (unpaired) electrons. The number of nitrogens with zero attached hydrogens (tertiary/aromatic N) is 2. The van der Waals surface area contributed by atoms with E-state index >= 15 is 0 Å². The van der Waals surface area contributed by atoms with Crippen LogP contribution in [0.15, 0.2) is 84.9 Å². The van der Waals surface area contributed by atoms with Gasteiger partial charge in [-0.3, -0.25) is 14.5 Å². The monoisotopic (exact) mass is 467 g/mol. The van der Waals surface area contributed by atoms with E-state index in [9.17, 15) is 14.4 Å². The third-order valence-electron chi connectivity index (χ3n) is 7.05. The molecule has 1 heterocycles. The van der Waals surface area contributed by atoms with Crippen LogP contribution in [0.1, 0.15) is 28.7 Å². The van der Waals surface area contributed by atoms with Crippen molar-refractivity contribution in [1.82, 2.24) is 15.1 Å². The number of carbonyl (C=O) groups is 3. The first-order valence-corrected chi connectivity index (χ1v) is 12.1. The zero-order chi connectivity index (χ0) is 24.3. The average molecular weight is 468 g/mol. The summed E-state index contributed by atoms with van der Waals surface area (Å²) in [5.41, 5.74) is 3.47. The molecule has 1 aliphatic heterocycles. The number of nitrogens with one attached hydrogen (secondary N) is 1. The first-order chi connectivity index (χ1) is 17.0. The van der Waals surface area contributed by atoms with Crippen molar-refractivity contribution >= 4 is 17.8 Å². The Hall–Kier alpha value is -3.93. The van der Waals surface area contributed by atoms with E-state index < -0.39 is 11.6 Å². The van der Waals surface area contributed by atoms with Gasteiger partial charge in [0.15, 0.2) is 0 Å². The van der Waals surface area contributed by atoms with Crippen LogP contribution in [0.4, 0.5) is 4.79 Å². The molecule has 1 aliphatic carbocycles. The van der Waals surface area contributed by atoms with Crippen molar-refractivity contribution in [3.63, 3.8) is 0 Å². The number of imide groups is 1. The minimum atomic E-state index is -0.958. The molecule has 1 unspecified atom stereocenters. The van der Waals surface area contributed by atoms with E-state index in [2.05, 4.69) is 11.4 Å². The van der Waals surface area contributed by atoms with Gasteiger partial charge in [0.25, 0.3) is 5.91 Å². The van der Waals surface area contributed by atoms with Gasteiger partial charge in [-0.2, -0.15) is 0 Å².